The van der Waals surface area contributed by atoms with E-state index in [1.54, 1.807) is 31.0 Å². The molecule has 2 rings (SSSR count). The van der Waals surface area contributed by atoms with Gasteiger partial charge in [-0.2, -0.15) is 5.26 Å². The molecule has 0 saturated carbocycles. The van der Waals surface area contributed by atoms with E-state index in [-0.39, 0.29) is 5.91 Å². The van der Waals surface area contributed by atoms with Crippen LogP contribution in [0.25, 0.3) is 0 Å². The number of nitrogens with zero attached hydrogens (tertiary/aromatic N) is 1. The zero-order valence-corrected chi connectivity index (χ0v) is 13.2. The molecule has 1 N–H and O–H groups in total. The second kappa shape index (κ2) is 7.53. The number of nitriles is 1. The van der Waals surface area contributed by atoms with E-state index in [0.717, 1.165) is 22.0 Å². The maximum atomic E-state index is 11.3. The Labute approximate surface area is 134 Å². The molecule has 0 aliphatic rings. The Kier molecular flexibility index (Phi) is 5.45. The Bertz CT molecular complexity index is 706. The predicted octanol–water partition coefficient (Wildman–Crippen LogP) is 3.82. The van der Waals surface area contributed by atoms with Gasteiger partial charge in [0.05, 0.1) is 24.4 Å². The zero-order valence-electron chi connectivity index (χ0n) is 12.4. The largest absolute Gasteiger partial charge is 0.497 e. The summed E-state index contributed by atoms with van der Waals surface area (Å²) in [6, 6.07) is 15.2. The third-order valence-corrected chi connectivity index (χ3v) is 4.12. The zero-order chi connectivity index (χ0) is 15.9. The van der Waals surface area contributed by atoms with Crippen LogP contribution in [0.15, 0.2) is 47.4 Å². The van der Waals surface area contributed by atoms with Gasteiger partial charge in [0.25, 0.3) is 0 Å². The number of thioether (sulfide) groups is 1. The smallest absolute Gasteiger partial charge is 0.221 e. The molecule has 0 aliphatic carbocycles. The fraction of sp³-hybridized carbons (Fsp3) is 0.176. The lowest BCUT2D eigenvalue weighted by atomic mass is 10.2. The number of carbonyl (C=O) groups is 1. The summed E-state index contributed by atoms with van der Waals surface area (Å²) in [5, 5.41) is 11.7. The van der Waals surface area contributed by atoms with Gasteiger partial charge in [0.2, 0.25) is 5.91 Å². The minimum absolute atomic E-state index is 0.151. The van der Waals surface area contributed by atoms with Crippen molar-refractivity contribution in [1.29, 1.82) is 5.26 Å². The average molecular weight is 312 g/mol. The molecule has 2 aromatic carbocycles. The van der Waals surface area contributed by atoms with E-state index < -0.39 is 0 Å². The van der Waals surface area contributed by atoms with Crippen LogP contribution in [0.3, 0.4) is 0 Å². The highest BCUT2D eigenvalue weighted by atomic mass is 32.2. The van der Waals surface area contributed by atoms with Crippen molar-refractivity contribution in [3.8, 4) is 11.8 Å². The van der Waals surface area contributed by atoms with Gasteiger partial charge in [0.1, 0.15) is 5.75 Å². The van der Waals surface area contributed by atoms with Gasteiger partial charge in [-0.3, -0.25) is 4.79 Å². The first-order valence-electron chi connectivity index (χ1n) is 6.70. The lowest BCUT2D eigenvalue weighted by Crippen LogP contribution is -2.07. The molecule has 0 spiro atoms. The monoisotopic (exact) mass is 312 g/mol. The summed E-state index contributed by atoms with van der Waals surface area (Å²) < 4.78 is 5.14. The number of anilines is 1. The molecule has 2 aromatic rings. The number of rotatable bonds is 5. The Morgan fingerprint density at radius 3 is 2.59 bits per heavy atom. The number of hydrogen-bond donors (Lipinski definition) is 1. The molecule has 0 heterocycles. The topological polar surface area (TPSA) is 62.1 Å². The molecule has 0 fully saturated rings. The van der Waals surface area contributed by atoms with Crippen molar-refractivity contribution in [3.05, 3.63) is 53.6 Å². The van der Waals surface area contributed by atoms with Crippen LogP contribution in [0, 0.1) is 11.3 Å². The molecule has 0 aromatic heterocycles. The van der Waals surface area contributed by atoms with E-state index in [1.165, 1.54) is 6.92 Å². The quantitative estimate of drug-likeness (QED) is 0.853. The molecule has 0 bridgehead atoms. The summed E-state index contributed by atoms with van der Waals surface area (Å²) in [4.78, 5) is 12.2. The predicted molar refractivity (Wildman–Crippen MR) is 88.0 cm³/mol. The fourth-order valence-electron chi connectivity index (χ4n) is 1.90. The molecule has 4 nitrogen and oxygen atoms in total. The van der Waals surface area contributed by atoms with E-state index in [9.17, 15) is 4.79 Å². The summed E-state index contributed by atoms with van der Waals surface area (Å²) in [6.07, 6.45) is 0. The van der Waals surface area contributed by atoms with Gasteiger partial charge in [0, 0.05) is 17.6 Å². The van der Waals surface area contributed by atoms with Crippen molar-refractivity contribution in [2.75, 3.05) is 12.4 Å². The van der Waals surface area contributed by atoms with E-state index in [4.69, 9.17) is 10.00 Å². The van der Waals surface area contributed by atoms with Crippen LogP contribution in [0.5, 0.6) is 5.75 Å². The van der Waals surface area contributed by atoms with Crippen molar-refractivity contribution in [2.45, 2.75) is 17.6 Å². The van der Waals surface area contributed by atoms with Crippen molar-refractivity contribution < 1.29 is 9.53 Å². The summed E-state index contributed by atoms with van der Waals surface area (Å²) >= 11 is 1.61. The molecular formula is C17H16N2O2S. The van der Waals surface area contributed by atoms with E-state index in [1.807, 2.05) is 30.3 Å². The minimum atomic E-state index is -0.151. The molecule has 0 unspecified atom stereocenters. The van der Waals surface area contributed by atoms with Crippen LogP contribution >= 0.6 is 11.8 Å². The standard InChI is InChI=1S/C17H16N2O2S/c1-12(20)19-16-9-14(10-18)5-8-17(16)22-11-13-3-6-15(21-2)7-4-13/h3-9H,11H2,1-2H3,(H,19,20). The normalized spacial score (nSPS) is 9.86. The average Bonchev–Trinajstić information content (AvgIpc) is 2.53. The molecule has 0 atom stereocenters. The van der Waals surface area contributed by atoms with Crippen LogP contribution in [0.1, 0.15) is 18.1 Å². The van der Waals surface area contributed by atoms with Gasteiger partial charge >= 0.3 is 0 Å². The molecule has 112 valence electrons. The Hall–Kier alpha value is -2.45. The second-order valence-electron chi connectivity index (χ2n) is 4.64. The van der Waals surface area contributed by atoms with Gasteiger partial charge in [-0.05, 0) is 35.9 Å². The first-order valence-corrected chi connectivity index (χ1v) is 7.68. The van der Waals surface area contributed by atoms with Crippen LogP contribution in [-0.2, 0) is 10.5 Å². The van der Waals surface area contributed by atoms with Gasteiger partial charge < -0.3 is 10.1 Å². The number of benzene rings is 2. The Balaban J connectivity index is 2.13. The number of nitrogens with one attached hydrogen (secondary N) is 1. The number of methoxy groups -OCH3 is 1. The Morgan fingerprint density at radius 2 is 2.00 bits per heavy atom. The van der Waals surface area contributed by atoms with Crippen LogP contribution < -0.4 is 10.1 Å². The molecule has 0 saturated heterocycles. The van der Waals surface area contributed by atoms with Crippen molar-refractivity contribution in [2.24, 2.45) is 0 Å². The Morgan fingerprint density at radius 1 is 1.27 bits per heavy atom. The second-order valence-corrected chi connectivity index (χ2v) is 5.66. The number of hydrogen-bond acceptors (Lipinski definition) is 4. The molecule has 0 aliphatic heterocycles. The fourth-order valence-corrected chi connectivity index (χ4v) is 2.84. The summed E-state index contributed by atoms with van der Waals surface area (Å²) in [5.74, 6) is 1.44. The van der Waals surface area contributed by atoms with Crippen LogP contribution in [0.4, 0.5) is 5.69 Å². The van der Waals surface area contributed by atoms with Crippen LogP contribution in [-0.4, -0.2) is 13.0 Å². The molecule has 0 radical (unpaired) electrons. The van der Waals surface area contributed by atoms with Gasteiger partial charge in [-0.25, -0.2) is 0 Å². The summed E-state index contributed by atoms with van der Waals surface area (Å²) in [6.45, 7) is 1.46. The molecule has 1 amide bonds. The first kappa shape index (κ1) is 15.9. The number of ether oxygens (including phenoxy) is 1. The van der Waals surface area contributed by atoms with Gasteiger partial charge in [0.15, 0.2) is 0 Å². The van der Waals surface area contributed by atoms with Crippen LogP contribution in [0.2, 0.25) is 0 Å². The lowest BCUT2D eigenvalue weighted by molar-refractivity contribution is -0.114. The molecular weight excluding hydrogens is 296 g/mol. The SMILES string of the molecule is COc1ccc(CSc2ccc(C#N)cc2NC(C)=O)cc1. The highest BCUT2D eigenvalue weighted by Gasteiger charge is 2.07. The van der Waals surface area contributed by atoms with E-state index in [2.05, 4.69) is 11.4 Å². The summed E-state index contributed by atoms with van der Waals surface area (Å²) in [5.41, 5.74) is 2.35. The highest BCUT2D eigenvalue weighted by molar-refractivity contribution is 7.98. The first-order chi connectivity index (χ1) is 10.6. The number of amides is 1. The molecule has 22 heavy (non-hydrogen) atoms. The van der Waals surface area contributed by atoms with E-state index >= 15 is 0 Å². The lowest BCUT2D eigenvalue weighted by Gasteiger charge is -2.10. The van der Waals surface area contributed by atoms with E-state index in [0.29, 0.717) is 11.3 Å². The van der Waals surface area contributed by atoms with Gasteiger partial charge in [-0.15, -0.1) is 11.8 Å². The third-order valence-electron chi connectivity index (χ3n) is 2.97. The van der Waals surface area contributed by atoms with Gasteiger partial charge in [-0.1, -0.05) is 12.1 Å². The van der Waals surface area contributed by atoms with Crippen molar-refractivity contribution >= 4 is 23.4 Å². The van der Waals surface area contributed by atoms with Crippen molar-refractivity contribution in [3.63, 3.8) is 0 Å². The number of carbonyl (C=O) groups excluding carboxylic acids is 1. The molecule has 5 heteroatoms. The highest BCUT2D eigenvalue weighted by Crippen LogP contribution is 2.31. The maximum Gasteiger partial charge on any atom is 0.221 e. The summed E-state index contributed by atoms with van der Waals surface area (Å²) in [7, 11) is 1.64. The minimum Gasteiger partial charge on any atom is -0.497 e. The third kappa shape index (κ3) is 4.27. The van der Waals surface area contributed by atoms with Crippen molar-refractivity contribution in [1.82, 2.24) is 0 Å². The maximum absolute atomic E-state index is 11.3.